The minimum absolute atomic E-state index is 0.489. The minimum atomic E-state index is 0.489. The van der Waals surface area contributed by atoms with Crippen molar-refractivity contribution in [2.24, 2.45) is 5.10 Å². The summed E-state index contributed by atoms with van der Waals surface area (Å²) in [5, 5.41) is 4.96. The van der Waals surface area contributed by atoms with Gasteiger partial charge >= 0.3 is 0 Å². The van der Waals surface area contributed by atoms with Gasteiger partial charge in [-0.05, 0) is 66.6 Å². The van der Waals surface area contributed by atoms with E-state index >= 15 is 0 Å². The van der Waals surface area contributed by atoms with Gasteiger partial charge in [-0.3, -0.25) is 5.43 Å². The number of halogens is 1. The van der Waals surface area contributed by atoms with Gasteiger partial charge < -0.3 is 4.74 Å². The van der Waals surface area contributed by atoms with Crippen molar-refractivity contribution in [1.29, 1.82) is 0 Å². The summed E-state index contributed by atoms with van der Waals surface area (Å²) >= 11 is 5.97. The van der Waals surface area contributed by atoms with Crippen molar-refractivity contribution < 1.29 is 4.74 Å². The predicted octanol–water partition coefficient (Wildman–Crippen LogP) is 5.67. The van der Waals surface area contributed by atoms with Gasteiger partial charge in [-0.15, -0.1) is 0 Å². The molecule has 0 amide bonds. The number of hydrogen-bond donors (Lipinski definition) is 1. The van der Waals surface area contributed by atoms with Crippen molar-refractivity contribution in [2.75, 3.05) is 5.43 Å². The van der Waals surface area contributed by atoms with Crippen LogP contribution in [-0.4, -0.2) is 6.21 Å². The first-order valence-corrected chi connectivity index (χ1v) is 8.40. The van der Waals surface area contributed by atoms with Crippen LogP contribution < -0.4 is 10.2 Å². The summed E-state index contributed by atoms with van der Waals surface area (Å²) in [5.41, 5.74) is 7.24. The van der Waals surface area contributed by atoms with Crippen LogP contribution in [0.15, 0.2) is 77.9 Å². The van der Waals surface area contributed by atoms with E-state index in [9.17, 15) is 0 Å². The molecule has 0 unspecified atom stereocenters. The van der Waals surface area contributed by atoms with E-state index in [4.69, 9.17) is 16.3 Å². The van der Waals surface area contributed by atoms with Crippen LogP contribution in [0.1, 0.15) is 16.7 Å². The molecule has 3 aromatic carbocycles. The highest BCUT2D eigenvalue weighted by molar-refractivity contribution is 6.30. The zero-order valence-electron chi connectivity index (χ0n) is 13.9. The molecule has 3 rings (SSSR count). The van der Waals surface area contributed by atoms with Crippen molar-refractivity contribution >= 4 is 23.5 Å². The summed E-state index contributed by atoms with van der Waals surface area (Å²) in [4.78, 5) is 0. The lowest BCUT2D eigenvalue weighted by Crippen LogP contribution is -1.95. The Labute approximate surface area is 152 Å². The Morgan fingerprint density at radius 3 is 2.48 bits per heavy atom. The molecule has 0 aliphatic carbocycles. The van der Waals surface area contributed by atoms with Crippen LogP contribution in [0.4, 0.5) is 5.69 Å². The molecule has 126 valence electrons. The van der Waals surface area contributed by atoms with E-state index < -0.39 is 0 Å². The third-order valence-corrected chi connectivity index (χ3v) is 3.87. The van der Waals surface area contributed by atoms with E-state index in [0.29, 0.717) is 11.6 Å². The lowest BCUT2D eigenvalue weighted by Gasteiger charge is -2.07. The molecule has 0 radical (unpaired) electrons. The molecular formula is C21H19ClN2O. The van der Waals surface area contributed by atoms with E-state index in [1.807, 2.05) is 72.8 Å². The maximum Gasteiger partial charge on any atom is 0.119 e. The molecule has 3 aromatic rings. The molecule has 4 heteroatoms. The fraction of sp³-hybridized carbons (Fsp3) is 0.0952. The molecule has 0 saturated heterocycles. The lowest BCUT2D eigenvalue weighted by molar-refractivity contribution is 0.306. The number of nitrogens with one attached hydrogen (secondary N) is 1. The number of hydrogen-bond acceptors (Lipinski definition) is 3. The van der Waals surface area contributed by atoms with E-state index in [0.717, 1.165) is 22.6 Å². The number of aryl methyl sites for hydroxylation is 1. The Morgan fingerprint density at radius 1 is 1.00 bits per heavy atom. The second kappa shape index (κ2) is 8.36. The number of benzene rings is 3. The zero-order chi connectivity index (χ0) is 17.5. The van der Waals surface area contributed by atoms with Crippen molar-refractivity contribution in [1.82, 2.24) is 0 Å². The van der Waals surface area contributed by atoms with E-state index in [2.05, 4.69) is 17.5 Å². The van der Waals surface area contributed by atoms with Crippen molar-refractivity contribution in [3.63, 3.8) is 0 Å². The second-order valence-corrected chi connectivity index (χ2v) is 6.16. The first-order valence-electron chi connectivity index (χ1n) is 8.02. The Balaban J connectivity index is 1.53. The van der Waals surface area contributed by atoms with Gasteiger partial charge in [-0.1, -0.05) is 41.4 Å². The Kier molecular flexibility index (Phi) is 5.70. The quantitative estimate of drug-likeness (QED) is 0.458. The number of ether oxygens (including phenoxy) is 1. The summed E-state index contributed by atoms with van der Waals surface area (Å²) in [7, 11) is 0. The van der Waals surface area contributed by atoms with E-state index in [1.54, 1.807) is 6.21 Å². The number of rotatable bonds is 6. The first kappa shape index (κ1) is 17.1. The topological polar surface area (TPSA) is 33.6 Å². The SMILES string of the molecule is Cc1ccc(NN=Cc2ccc(OCc3cccc(Cl)c3)cc2)cc1. The van der Waals surface area contributed by atoms with Gasteiger partial charge in [0.15, 0.2) is 0 Å². The van der Waals surface area contributed by atoms with Crippen molar-refractivity contribution in [3.05, 3.63) is 94.5 Å². The fourth-order valence-corrected chi connectivity index (χ4v) is 2.47. The predicted molar refractivity (Wildman–Crippen MR) is 105 cm³/mol. The molecule has 1 N–H and O–H groups in total. The largest absolute Gasteiger partial charge is 0.489 e. The zero-order valence-corrected chi connectivity index (χ0v) is 14.7. The van der Waals surface area contributed by atoms with Gasteiger partial charge in [-0.25, -0.2) is 0 Å². The lowest BCUT2D eigenvalue weighted by atomic mass is 10.2. The standard InChI is InChI=1S/C21H19ClN2O/c1-16-5-9-20(10-6-16)24-23-14-17-7-11-21(12-8-17)25-15-18-3-2-4-19(22)13-18/h2-14,24H,15H2,1H3. The van der Waals surface area contributed by atoms with Gasteiger partial charge in [0.25, 0.3) is 0 Å². The maximum atomic E-state index is 5.97. The van der Waals surface area contributed by atoms with Crippen molar-refractivity contribution in [2.45, 2.75) is 13.5 Å². The third-order valence-electron chi connectivity index (χ3n) is 3.63. The minimum Gasteiger partial charge on any atom is -0.489 e. The number of nitrogens with zero attached hydrogens (tertiary/aromatic N) is 1. The van der Waals surface area contributed by atoms with E-state index in [1.165, 1.54) is 5.56 Å². The Hall–Kier alpha value is -2.78. The average Bonchev–Trinajstić information content (AvgIpc) is 2.63. The maximum absolute atomic E-state index is 5.97. The smallest absolute Gasteiger partial charge is 0.119 e. The van der Waals surface area contributed by atoms with E-state index in [-0.39, 0.29) is 0 Å². The van der Waals surface area contributed by atoms with Gasteiger partial charge in [-0.2, -0.15) is 5.10 Å². The highest BCUT2D eigenvalue weighted by atomic mass is 35.5. The van der Waals surface area contributed by atoms with Crippen LogP contribution in [0.2, 0.25) is 5.02 Å². The first-order chi connectivity index (χ1) is 12.2. The monoisotopic (exact) mass is 350 g/mol. The number of anilines is 1. The molecule has 0 saturated carbocycles. The van der Waals surface area contributed by atoms with Crippen LogP contribution in [0, 0.1) is 6.92 Å². The summed E-state index contributed by atoms with van der Waals surface area (Å²) in [6.07, 6.45) is 1.78. The molecular weight excluding hydrogens is 332 g/mol. The average molecular weight is 351 g/mol. The molecule has 0 heterocycles. The molecule has 0 aliphatic heterocycles. The molecule has 0 spiro atoms. The van der Waals surface area contributed by atoms with Crippen molar-refractivity contribution in [3.8, 4) is 5.75 Å². The second-order valence-electron chi connectivity index (χ2n) is 5.72. The van der Waals surface area contributed by atoms with Crippen LogP contribution in [0.25, 0.3) is 0 Å². The van der Waals surface area contributed by atoms with Gasteiger partial charge in [0.2, 0.25) is 0 Å². The van der Waals surface area contributed by atoms with Gasteiger partial charge in [0.05, 0.1) is 11.9 Å². The van der Waals surface area contributed by atoms with Crippen LogP contribution in [-0.2, 0) is 6.61 Å². The molecule has 0 aliphatic rings. The van der Waals surface area contributed by atoms with Crippen LogP contribution in [0.3, 0.4) is 0 Å². The molecule has 0 aromatic heterocycles. The van der Waals surface area contributed by atoms with Gasteiger partial charge in [0.1, 0.15) is 12.4 Å². The Bertz CT molecular complexity index is 843. The Morgan fingerprint density at radius 2 is 1.76 bits per heavy atom. The number of hydrazone groups is 1. The summed E-state index contributed by atoms with van der Waals surface area (Å²) < 4.78 is 5.77. The molecule has 0 atom stereocenters. The molecule has 25 heavy (non-hydrogen) atoms. The molecule has 3 nitrogen and oxygen atoms in total. The van der Waals surface area contributed by atoms with Gasteiger partial charge in [0, 0.05) is 5.02 Å². The van der Waals surface area contributed by atoms with Crippen LogP contribution >= 0.6 is 11.6 Å². The highest BCUT2D eigenvalue weighted by Gasteiger charge is 1.97. The molecule has 0 bridgehead atoms. The normalized spacial score (nSPS) is 10.8. The van der Waals surface area contributed by atoms with Crippen LogP contribution in [0.5, 0.6) is 5.75 Å². The summed E-state index contributed by atoms with van der Waals surface area (Å²) in [6, 6.07) is 23.5. The molecule has 0 fully saturated rings. The summed E-state index contributed by atoms with van der Waals surface area (Å²) in [5.74, 6) is 0.809. The third kappa shape index (κ3) is 5.37. The highest BCUT2D eigenvalue weighted by Crippen LogP contribution is 2.16. The summed E-state index contributed by atoms with van der Waals surface area (Å²) in [6.45, 7) is 2.55. The fourth-order valence-electron chi connectivity index (χ4n) is 2.25.